The Kier molecular flexibility index (Phi) is 6.51. The summed E-state index contributed by atoms with van der Waals surface area (Å²) in [6.45, 7) is 7.62. The summed E-state index contributed by atoms with van der Waals surface area (Å²) in [4.78, 5) is 15.1. The molecule has 0 bridgehead atoms. The van der Waals surface area contributed by atoms with Crippen LogP contribution in [0.4, 0.5) is 0 Å². The van der Waals surface area contributed by atoms with Gasteiger partial charge in [-0.2, -0.15) is 0 Å². The molecule has 2 aromatic rings. The Morgan fingerprint density at radius 1 is 1.19 bits per heavy atom. The number of benzene rings is 2. The molecule has 1 fully saturated rings. The van der Waals surface area contributed by atoms with Crippen LogP contribution in [0.25, 0.3) is 0 Å². The molecule has 0 unspecified atom stereocenters. The number of amides is 1. The highest BCUT2D eigenvalue weighted by atomic mass is 16.5. The molecule has 1 heterocycles. The lowest BCUT2D eigenvalue weighted by Crippen LogP contribution is -2.33. The fraction of sp³-hybridized carbons (Fsp3) is 0.435. The number of carbonyl (C=O) groups excluding carboxylic acids is 1. The number of piperidine rings is 1. The summed E-state index contributed by atoms with van der Waals surface area (Å²) in [7, 11) is 1.65. The number of methoxy groups -OCH3 is 1. The summed E-state index contributed by atoms with van der Waals surface area (Å²) in [6, 6.07) is 15.7. The molecule has 1 saturated heterocycles. The molecule has 1 aliphatic rings. The van der Waals surface area contributed by atoms with Gasteiger partial charge in [0.05, 0.1) is 13.2 Å². The first-order chi connectivity index (χ1) is 13.0. The first kappa shape index (κ1) is 19.4. The van der Waals surface area contributed by atoms with Crippen LogP contribution in [0.15, 0.2) is 48.5 Å². The molecular formula is C23H30N2O2. The standard InChI is InChI=1S/C23H30N2O2/c1-17-5-4-14-25(15-17)16-19-6-8-21(9-7-19)23(26)24-18(2)20-10-12-22(27-3)13-11-20/h6-13,17-18H,4-5,14-16H2,1-3H3,(H,24,26)/t17-,18-/m0/s1. The maximum absolute atomic E-state index is 12.5. The van der Waals surface area contributed by atoms with Crippen molar-refractivity contribution in [2.45, 2.75) is 39.3 Å². The second kappa shape index (κ2) is 9.05. The van der Waals surface area contributed by atoms with Crippen LogP contribution in [0.3, 0.4) is 0 Å². The van der Waals surface area contributed by atoms with Crippen LogP contribution in [-0.2, 0) is 6.54 Å². The molecule has 3 rings (SSSR count). The number of rotatable bonds is 6. The number of hydrogen-bond donors (Lipinski definition) is 1. The zero-order chi connectivity index (χ0) is 19.2. The molecule has 2 atom stereocenters. The summed E-state index contributed by atoms with van der Waals surface area (Å²) in [5.41, 5.74) is 3.02. The molecule has 0 aromatic heterocycles. The third-order valence-corrected chi connectivity index (χ3v) is 5.33. The van der Waals surface area contributed by atoms with Gasteiger partial charge in [0, 0.05) is 18.7 Å². The van der Waals surface area contributed by atoms with E-state index in [9.17, 15) is 4.79 Å². The minimum atomic E-state index is -0.0575. The van der Waals surface area contributed by atoms with Crippen LogP contribution >= 0.6 is 0 Å². The normalized spacial score (nSPS) is 18.7. The highest BCUT2D eigenvalue weighted by molar-refractivity contribution is 5.94. The second-order valence-corrected chi connectivity index (χ2v) is 7.65. The summed E-state index contributed by atoms with van der Waals surface area (Å²) >= 11 is 0. The average molecular weight is 367 g/mol. The van der Waals surface area contributed by atoms with Crippen molar-refractivity contribution in [1.29, 1.82) is 0 Å². The fourth-order valence-corrected chi connectivity index (χ4v) is 3.71. The summed E-state index contributed by atoms with van der Waals surface area (Å²) in [6.07, 6.45) is 2.62. The Balaban J connectivity index is 1.56. The van der Waals surface area contributed by atoms with E-state index in [1.54, 1.807) is 7.11 Å². The third-order valence-electron chi connectivity index (χ3n) is 5.33. The molecule has 0 aliphatic carbocycles. The molecule has 1 aliphatic heterocycles. The topological polar surface area (TPSA) is 41.6 Å². The highest BCUT2D eigenvalue weighted by Gasteiger charge is 2.16. The first-order valence-electron chi connectivity index (χ1n) is 9.81. The number of nitrogens with one attached hydrogen (secondary N) is 1. The Morgan fingerprint density at radius 2 is 1.89 bits per heavy atom. The minimum Gasteiger partial charge on any atom is -0.497 e. The summed E-state index contributed by atoms with van der Waals surface area (Å²) < 4.78 is 5.18. The van der Waals surface area contributed by atoms with Gasteiger partial charge < -0.3 is 10.1 Å². The van der Waals surface area contributed by atoms with Crippen molar-refractivity contribution in [1.82, 2.24) is 10.2 Å². The lowest BCUT2D eigenvalue weighted by Gasteiger charge is -2.30. The van der Waals surface area contributed by atoms with Gasteiger partial charge in [-0.05, 0) is 67.6 Å². The van der Waals surface area contributed by atoms with Crippen LogP contribution in [0.1, 0.15) is 54.2 Å². The van der Waals surface area contributed by atoms with E-state index in [0.29, 0.717) is 5.56 Å². The van der Waals surface area contributed by atoms with Gasteiger partial charge in [0.15, 0.2) is 0 Å². The lowest BCUT2D eigenvalue weighted by molar-refractivity contribution is 0.0940. The van der Waals surface area contributed by atoms with Gasteiger partial charge in [0.2, 0.25) is 0 Å². The van der Waals surface area contributed by atoms with Crippen molar-refractivity contribution in [2.75, 3.05) is 20.2 Å². The van der Waals surface area contributed by atoms with E-state index in [2.05, 4.69) is 29.3 Å². The largest absolute Gasteiger partial charge is 0.497 e. The SMILES string of the molecule is COc1ccc([C@H](C)NC(=O)c2ccc(CN3CCC[C@H](C)C3)cc2)cc1. The van der Waals surface area contributed by atoms with Crippen molar-refractivity contribution in [3.8, 4) is 5.75 Å². The smallest absolute Gasteiger partial charge is 0.251 e. The maximum Gasteiger partial charge on any atom is 0.251 e. The number of likely N-dealkylation sites (tertiary alicyclic amines) is 1. The van der Waals surface area contributed by atoms with Gasteiger partial charge in [-0.1, -0.05) is 31.2 Å². The van der Waals surface area contributed by atoms with Crippen LogP contribution < -0.4 is 10.1 Å². The van der Waals surface area contributed by atoms with Crippen LogP contribution in [-0.4, -0.2) is 31.0 Å². The quantitative estimate of drug-likeness (QED) is 0.823. The Morgan fingerprint density at radius 3 is 2.52 bits per heavy atom. The zero-order valence-corrected chi connectivity index (χ0v) is 16.6. The van der Waals surface area contributed by atoms with Gasteiger partial charge in [-0.25, -0.2) is 0 Å². The molecule has 1 amide bonds. The van der Waals surface area contributed by atoms with Crippen molar-refractivity contribution in [2.24, 2.45) is 5.92 Å². The van der Waals surface area contributed by atoms with Crippen molar-refractivity contribution in [3.63, 3.8) is 0 Å². The first-order valence-corrected chi connectivity index (χ1v) is 9.81. The Labute approximate surface area is 162 Å². The molecule has 144 valence electrons. The molecule has 0 saturated carbocycles. The second-order valence-electron chi connectivity index (χ2n) is 7.65. The predicted molar refractivity (Wildman–Crippen MR) is 109 cm³/mol. The molecule has 1 N–H and O–H groups in total. The predicted octanol–water partition coefficient (Wildman–Crippen LogP) is 4.42. The third kappa shape index (κ3) is 5.33. The molecule has 4 nitrogen and oxygen atoms in total. The molecule has 2 aromatic carbocycles. The van der Waals surface area contributed by atoms with Crippen molar-refractivity contribution < 1.29 is 9.53 Å². The summed E-state index contributed by atoms with van der Waals surface area (Å²) in [5.74, 6) is 1.55. The van der Waals surface area contributed by atoms with E-state index >= 15 is 0 Å². The number of ether oxygens (including phenoxy) is 1. The fourth-order valence-electron chi connectivity index (χ4n) is 3.71. The monoisotopic (exact) mass is 366 g/mol. The van der Waals surface area contributed by atoms with Crippen molar-refractivity contribution in [3.05, 3.63) is 65.2 Å². The Bertz CT molecular complexity index is 740. The van der Waals surface area contributed by atoms with E-state index in [4.69, 9.17) is 4.74 Å². The van der Waals surface area contributed by atoms with Crippen LogP contribution in [0.5, 0.6) is 5.75 Å². The van der Waals surface area contributed by atoms with Gasteiger partial charge in [0.25, 0.3) is 5.91 Å². The summed E-state index contributed by atoms with van der Waals surface area (Å²) in [5, 5.41) is 3.07. The highest BCUT2D eigenvalue weighted by Crippen LogP contribution is 2.19. The minimum absolute atomic E-state index is 0.0449. The molecule has 0 spiro atoms. The number of carbonyl (C=O) groups is 1. The van der Waals surface area contributed by atoms with E-state index in [-0.39, 0.29) is 11.9 Å². The maximum atomic E-state index is 12.5. The zero-order valence-electron chi connectivity index (χ0n) is 16.6. The molecule has 4 heteroatoms. The van der Waals surface area contributed by atoms with Gasteiger partial charge in [-0.3, -0.25) is 9.69 Å². The van der Waals surface area contributed by atoms with E-state index in [1.807, 2.05) is 43.3 Å². The Hall–Kier alpha value is -2.33. The van der Waals surface area contributed by atoms with Gasteiger partial charge >= 0.3 is 0 Å². The molecule has 0 radical (unpaired) electrons. The van der Waals surface area contributed by atoms with E-state index in [1.165, 1.54) is 31.5 Å². The lowest BCUT2D eigenvalue weighted by atomic mass is 9.99. The van der Waals surface area contributed by atoms with E-state index < -0.39 is 0 Å². The van der Waals surface area contributed by atoms with Crippen LogP contribution in [0, 0.1) is 5.92 Å². The van der Waals surface area contributed by atoms with Gasteiger partial charge in [0.1, 0.15) is 5.75 Å². The van der Waals surface area contributed by atoms with Crippen LogP contribution in [0.2, 0.25) is 0 Å². The van der Waals surface area contributed by atoms with E-state index in [0.717, 1.165) is 23.8 Å². The number of hydrogen-bond acceptors (Lipinski definition) is 3. The van der Waals surface area contributed by atoms with Gasteiger partial charge in [-0.15, -0.1) is 0 Å². The molecule has 27 heavy (non-hydrogen) atoms. The van der Waals surface area contributed by atoms with Crippen molar-refractivity contribution >= 4 is 5.91 Å². The average Bonchev–Trinajstić information content (AvgIpc) is 2.68. The number of nitrogens with zero attached hydrogens (tertiary/aromatic N) is 1. The molecular weight excluding hydrogens is 336 g/mol.